The molecule has 0 bridgehead atoms. The van der Waals surface area contributed by atoms with Gasteiger partial charge in [0.25, 0.3) is 0 Å². The lowest BCUT2D eigenvalue weighted by molar-refractivity contribution is -0.156. The largest absolute Gasteiger partial charge is 0.342 e. The first kappa shape index (κ1) is 14.1. The average molecular weight is 290 g/mol. The molecule has 2 aliphatic rings. The van der Waals surface area contributed by atoms with Crippen molar-refractivity contribution < 1.29 is 9.59 Å². The van der Waals surface area contributed by atoms with E-state index in [1.807, 2.05) is 20.0 Å². The van der Waals surface area contributed by atoms with Crippen molar-refractivity contribution in [3.8, 4) is 0 Å². The first-order valence-corrected chi connectivity index (χ1v) is 7.42. The Labute approximate surface area is 124 Å². The standard InChI is InChI=1S/C15H22N4O2/c1-9-7-11(18(4)17-9)8-19-13(20)12(10-5-6-10)16-14(21)15(19,2)3/h7,10,12H,5-6,8H2,1-4H3,(H,16,21). The monoisotopic (exact) mass is 290 g/mol. The molecule has 1 unspecified atom stereocenters. The fourth-order valence-electron chi connectivity index (χ4n) is 2.94. The van der Waals surface area contributed by atoms with Crippen molar-refractivity contribution in [3.63, 3.8) is 0 Å². The number of amides is 2. The second-order valence-electron chi connectivity index (χ2n) is 6.67. The summed E-state index contributed by atoms with van der Waals surface area (Å²) in [6.45, 7) is 5.94. The van der Waals surface area contributed by atoms with E-state index in [9.17, 15) is 9.59 Å². The van der Waals surface area contributed by atoms with E-state index in [1.165, 1.54) is 0 Å². The number of rotatable bonds is 3. The molecule has 21 heavy (non-hydrogen) atoms. The molecule has 6 nitrogen and oxygen atoms in total. The van der Waals surface area contributed by atoms with E-state index >= 15 is 0 Å². The van der Waals surface area contributed by atoms with Crippen molar-refractivity contribution in [1.29, 1.82) is 0 Å². The summed E-state index contributed by atoms with van der Waals surface area (Å²) < 4.78 is 1.78. The van der Waals surface area contributed by atoms with Gasteiger partial charge >= 0.3 is 0 Å². The third-order valence-electron chi connectivity index (χ3n) is 4.56. The predicted octanol–water partition coefficient (Wildman–Crippen LogP) is 0.744. The first-order chi connectivity index (χ1) is 9.80. The number of aromatic nitrogens is 2. The Morgan fingerprint density at radius 3 is 2.57 bits per heavy atom. The molecule has 1 saturated heterocycles. The van der Waals surface area contributed by atoms with Gasteiger partial charge in [0.05, 0.1) is 17.9 Å². The Hall–Kier alpha value is -1.85. The lowest BCUT2D eigenvalue weighted by atomic mass is 9.93. The van der Waals surface area contributed by atoms with Crippen LogP contribution in [0.4, 0.5) is 0 Å². The maximum absolute atomic E-state index is 12.8. The van der Waals surface area contributed by atoms with E-state index in [4.69, 9.17) is 0 Å². The fourth-order valence-corrected chi connectivity index (χ4v) is 2.94. The summed E-state index contributed by atoms with van der Waals surface area (Å²) in [6.07, 6.45) is 2.05. The van der Waals surface area contributed by atoms with Crippen molar-refractivity contribution in [3.05, 3.63) is 17.5 Å². The summed E-state index contributed by atoms with van der Waals surface area (Å²) >= 11 is 0. The summed E-state index contributed by atoms with van der Waals surface area (Å²) in [5.41, 5.74) is 1.02. The zero-order chi connectivity index (χ0) is 15.4. The Bertz CT molecular complexity index is 601. The smallest absolute Gasteiger partial charge is 0.246 e. The third-order valence-corrected chi connectivity index (χ3v) is 4.56. The second kappa shape index (κ2) is 4.58. The van der Waals surface area contributed by atoms with Crippen LogP contribution < -0.4 is 5.32 Å². The Balaban J connectivity index is 1.90. The molecule has 1 aromatic rings. The molecule has 1 atom stereocenters. The van der Waals surface area contributed by atoms with Crippen LogP contribution in [0.15, 0.2) is 6.07 Å². The molecule has 1 saturated carbocycles. The van der Waals surface area contributed by atoms with Gasteiger partial charge in [0.1, 0.15) is 11.6 Å². The van der Waals surface area contributed by atoms with Crippen molar-refractivity contribution in [2.24, 2.45) is 13.0 Å². The molecule has 114 valence electrons. The van der Waals surface area contributed by atoms with Crippen molar-refractivity contribution in [2.45, 2.75) is 51.7 Å². The number of hydrogen-bond acceptors (Lipinski definition) is 3. The van der Waals surface area contributed by atoms with E-state index in [-0.39, 0.29) is 17.9 Å². The molecule has 6 heteroatoms. The molecular weight excluding hydrogens is 268 g/mol. The lowest BCUT2D eigenvalue weighted by Gasteiger charge is -2.44. The van der Waals surface area contributed by atoms with Gasteiger partial charge in [-0.05, 0) is 45.6 Å². The van der Waals surface area contributed by atoms with Crippen LogP contribution in [0.5, 0.6) is 0 Å². The Kier molecular flexibility index (Phi) is 3.07. The number of carbonyl (C=O) groups is 2. The highest BCUT2D eigenvalue weighted by molar-refractivity contribution is 5.99. The van der Waals surface area contributed by atoms with Crippen LogP contribution in [0.2, 0.25) is 0 Å². The third kappa shape index (κ3) is 2.32. The van der Waals surface area contributed by atoms with Crippen molar-refractivity contribution in [2.75, 3.05) is 0 Å². The van der Waals surface area contributed by atoms with E-state index in [2.05, 4.69) is 10.4 Å². The summed E-state index contributed by atoms with van der Waals surface area (Å²) in [5.74, 6) is 0.271. The van der Waals surface area contributed by atoms with Crippen LogP contribution in [0.25, 0.3) is 0 Å². The van der Waals surface area contributed by atoms with E-state index in [0.29, 0.717) is 12.5 Å². The molecule has 3 rings (SSSR count). The molecule has 1 aliphatic carbocycles. The van der Waals surface area contributed by atoms with Gasteiger partial charge in [0, 0.05) is 7.05 Å². The van der Waals surface area contributed by atoms with Gasteiger partial charge in [-0.3, -0.25) is 14.3 Å². The highest BCUT2D eigenvalue weighted by atomic mass is 16.2. The summed E-state index contributed by atoms with van der Waals surface area (Å²) in [4.78, 5) is 26.8. The molecule has 0 spiro atoms. The Morgan fingerprint density at radius 1 is 1.38 bits per heavy atom. The topological polar surface area (TPSA) is 67.2 Å². The highest BCUT2D eigenvalue weighted by Crippen LogP contribution is 2.37. The molecule has 2 heterocycles. The quantitative estimate of drug-likeness (QED) is 0.893. The predicted molar refractivity (Wildman–Crippen MR) is 77.2 cm³/mol. The van der Waals surface area contributed by atoms with Gasteiger partial charge < -0.3 is 10.2 Å². The maximum Gasteiger partial charge on any atom is 0.246 e. The SMILES string of the molecule is Cc1cc(CN2C(=O)C(C3CC3)NC(=O)C2(C)C)n(C)n1. The maximum atomic E-state index is 12.8. The van der Waals surface area contributed by atoms with Gasteiger partial charge in [0.15, 0.2) is 0 Å². The van der Waals surface area contributed by atoms with Gasteiger partial charge in [0.2, 0.25) is 11.8 Å². The van der Waals surface area contributed by atoms with E-state index in [0.717, 1.165) is 24.2 Å². The van der Waals surface area contributed by atoms with Crippen LogP contribution in [-0.2, 0) is 23.2 Å². The zero-order valence-corrected chi connectivity index (χ0v) is 13.0. The summed E-state index contributed by atoms with van der Waals surface area (Å²) in [5, 5.41) is 7.21. The van der Waals surface area contributed by atoms with Crippen molar-refractivity contribution >= 4 is 11.8 Å². The summed E-state index contributed by atoms with van der Waals surface area (Å²) in [6, 6.07) is 1.61. The minimum absolute atomic E-state index is 0.0287. The fraction of sp³-hybridized carbons (Fsp3) is 0.667. The molecule has 1 aliphatic heterocycles. The molecule has 1 aromatic heterocycles. The van der Waals surface area contributed by atoms with Crippen LogP contribution in [0, 0.1) is 12.8 Å². The van der Waals surface area contributed by atoms with Gasteiger partial charge in [-0.15, -0.1) is 0 Å². The van der Waals surface area contributed by atoms with Gasteiger partial charge in [-0.2, -0.15) is 5.10 Å². The Morgan fingerprint density at radius 2 is 2.05 bits per heavy atom. The number of nitrogens with zero attached hydrogens (tertiary/aromatic N) is 3. The highest BCUT2D eigenvalue weighted by Gasteiger charge is 2.50. The van der Waals surface area contributed by atoms with Gasteiger partial charge in [-0.1, -0.05) is 0 Å². The zero-order valence-electron chi connectivity index (χ0n) is 13.0. The molecular formula is C15H22N4O2. The summed E-state index contributed by atoms with van der Waals surface area (Å²) in [7, 11) is 1.86. The molecule has 2 fully saturated rings. The van der Waals surface area contributed by atoms with Crippen LogP contribution >= 0.6 is 0 Å². The van der Waals surface area contributed by atoms with Crippen molar-refractivity contribution in [1.82, 2.24) is 20.0 Å². The number of aryl methyl sites for hydroxylation is 2. The van der Waals surface area contributed by atoms with E-state index < -0.39 is 5.54 Å². The number of carbonyl (C=O) groups excluding carboxylic acids is 2. The normalized spacial score (nSPS) is 25.1. The number of piperazine rings is 1. The first-order valence-electron chi connectivity index (χ1n) is 7.42. The molecule has 1 N–H and O–H groups in total. The molecule has 2 amide bonds. The molecule has 0 radical (unpaired) electrons. The van der Waals surface area contributed by atoms with Crippen LogP contribution in [-0.4, -0.2) is 38.1 Å². The average Bonchev–Trinajstić information content (AvgIpc) is 3.17. The second-order valence-corrected chi connectivity index (χ2v) is 6.67. The van der Waals surface area contributed by atoms with Gasteiger partial charge in [-0.25, -0.2) is 0 Å². The van der Waals surface area contributed by atoms with Crippen LogP contribution in [0.1, 0.15) is 38.1 Å². The number of nitrogens with one attached hydrogen (secondary N) is 1. The van der Waals surface area contributed by atoms with Crippen LogP contribution in [0.3, 0.4) is 0 Å². The van der Waals surface area contributed by atoms with E-state index in [1.54, 1.807) is 23.4 Å². The lowest BCUT2D eigenvalue weighted by Crippen LogP contribution is -2.68. The molecule has 0 aromatic carbocycles. The number of hydrogen-bond donors (Lipinski definition) is 1. The minimum Gasteiger partial charge on any atom is -0.342 e. The minimum atomic E-state index is -0.833.